The van der Waals surface area contributed by atoms with Crippen LogP contribution in [0.3, 0.4) is 0 Å². The van der Waals surface area contributed by atoms with Crippen LogP contribution in [0.4, 0.5) is 0 Å². The highest BCUT2D eigenvalue weighted by Gasteiger charge is 2.23. The molecule has 0 aliphatic carbocycles. The van der Waals surface area contributed by atoms with E-state index >= 15 is 0 Å². The maximum atomic E-state index is 13.5. The molecule has 8 nitrogen and oxygen atoms in total. The van der Waals surface area contributed by atoms with Crippen molar-refractivity contribution < 1.29 is 9.53 Å². The fourth-order valence-electron chi connectivity index (χ4n) is 4.09. The summed E-state index contributed by atoms with van der Waals surface area (Å²) in [6.07, 6.45) is 0. The van der Waals surface area contributed by atoms with Gasteiger partial charge < -0.3 is 9.64 Å². The lowest BCUT2D eigenvalue weighted by Gasteiger charge is -2.18. The summed E-state index contributed by atoms with van der Waals surface area (Å²) in [5, 5.41) is 4.28. The van der Waals surface area contributed by atoms with Gasteiger partial charge in [-0.05, 0) is 60.4 Å². The second-order valence-electron chi connectivity index (χ2n) is 8.78. The lowest BCUT2D eigenvalue weighted by molar-refractivity contribution is 0.0773. The van der Waals surface area contributed by atoms with Crippen LogP contribution in [0.1, 0.15) is 32.7 Å². The maximum absolute atomic E-state index is 13.5. The minimum absolute atomic E-state index is 0.0368. The number of carbonyl (C=O) groups excluding carboxylic acids is 1. The highest BCUT2D eigenvalue weighted by molar-refractivity contribution is 5.91. The minimum Gasteiger partial charge on any atom is -0.497 e. The Hall–Kier alpha value is -4.46. The van der Waals surface area contributed by atoms with Gasteiger partial charge in [0.05, 0.1) is 19.3 Å². The van der Waals surface area contributed by atoms with Gasteiger partial charge >= 0.3 is 5.69 Å². The fourth-order valence-corrected chi connectivity index (χ4v) is 4.09. The third-order valence-electron chi connectivity index (χ3n) is 5.80. The minimum atomic E-state index is -0.742. The number of carbonyl (C=O) groups is 1. The van der Waals surface area contributed by atoms with Crippen molar-refractivity contribution in [2.75, 3.05) is 14.2 Å². The molecule has 8 heteroatoms. The van der Waals surface area contributed by atoms with Gasteiger partial charge in [0.2, 0.25) is 5.69 Å². The van der Waals surface area contributed by atoms with Crippen molar-refractivity contribution in [1.82, 2.24) is 19.2 Å². The number of hydrogen-bond acceptors (Lipinski definition) is 5. The summed E-state index contributed by atoms with van der Waals surface area (Å²) in [5.41, 5.74) is 2.24. The smallest absolute Gasteiger partial charge is 0.352 e. The Bertz CT molecular complexity index is 1500. The van der Waals surface area contributed by atoms with Crippen molar-refractivity contribution in [2.45, 2.75) is 26.9 Å². The summed E-state index contributed by atoms with van der Waals surface area (Å²) < 4.78 is 7.45. The average molecular weight is 485 g/mol. The number of benzene rings is 3. The monoisotopic (exact) mass is 484 g/mol. The Morgan fingerprint density at radius 2 is 1.58 bits per heavy atom. The molecule has 1 heterocycles. The van der Waals surface area contributed by atoms with E-state index in [1.807, 2.05) is 50.2 Å². The van der Waals surface area contributed by atoms with Crippen molar-refractivity contribution in [1.29, 1.82) is 0 Å². The summed E-state index contributed by atoms with van der Waals surface area (Å²) in [4.78, 5) is 41.8. The molecule has 0 unspecified atom stereocenters. The molecule has 184 valence electrons. The Kier molecular flexibility index (Phi) is 7.15. The van der Waals surface area contributed by atoms with Crippen LogP contribution in [0.25, 0.3) is 5.69 Å². The highest BCUT2D eigenvalue weighted by atomic mass is 16.5. The molecule has 0 bridgehead atoms. The van der Waals surface area contributed by atoms with E-state index in [-0.39, 0.29) is 12.2 Å². The van der Waals surface area contributed by atoms with Crippen molar-refractivity contribution >= 4 is 5.91 Å². The summed E-state index contributed by atoms with van der Waals surface area (Å²) in [7, 11) is 3.15. The molecule has 4 aromatic rings. The number of methoxy groups -OCH3 is 1. The molecule has 1 amide bonds. The number of ether oxygens (including phenoxy) is 1. The van der Waals surface area contributed by atoms with Gasteiger partial charge in [-0.25, -0.2) is 4.79 Å². The average Bonchev–Trinajstić information content (AvgIpc) is 2.86. The Morgan fingerprint density at radius 1 is 0.917 bits per heavy atom. The topological polar surface area (TPSA) is 86.4 Å². The van der Waals surface area contributed by atoms with Gasteiger partial charge in [-0.3, -0.25) is 14.2 Å². The summed E-state index contributed by atoms with van der Waals surface area (Å²) in [6.45, 7) is 4.07. The molecular formula is C28H28N4O4. The van der Waals surface area contributed by atoms with E-state index in [9.17, 15) is 14.4 Å². The molecule has 0 radical (unpaired) electrons. The van der Waals surface area contributed by atoms with Crippen molar-refractivity contribution in [3.8, 4) is 11.4 Å². The molecule has 0 aliphatic heterocycles. The van der Waals surface area contributed by atoms with E-state index in [1.54, 1.807) is 50.6 Å². The van der Waals surface area contributed by atoms with Crippen LogP contribution >= 0.6 is 0 Å². The van der Waals surface area contributed by atoms with E-state index in [0.29, 0.717) is 23.5 Å². The predicted octanol–water partition coefficient (Wildman–Crippen LogP) is 3.34. The number of hydrogen-bond donors (Lipinski definition) is 0. The Morgan fingerprint density at radius 3 is 2.25 bits per heavy atom. The molecule has 0 fully saturated rings. The maximum Gasteiger partial charge on any atom is 0.352 e. The van der Waals surface area contributed by atoms with Gasteiger partial charge in [-0.2, -0.15) is 9.78 Å². The van der Waals surface area contributed by atoms with Crippen LogP contribution in [-0.4, -0.2) is 39.3 Å². The summed E-state index contributed by atoms with van der Waals surface area (Å²) in [6, 6.07) is 22.1. The summed E-state index contributed by atoms with van der Waals surface area (Å²) >= 11 is 0. The molecule has 3 aromatic carbocycles. The second kappa shape index (κ2) is 10.4. The SMILES string of the molecule is COc1cccc(Cn2c(=O)c(C(=O)N(C)Cc3ccccc3)nn(-c3cc(C)cc(C)c3)c2=O)c1. The van der Waals surface area contributed by atoms with Gasteiger partial charge in [0.1, 0.15) is 5.75 Å². The number of amides is 1. The first kappa shape index (κ1) is 24.7. The number of rotatable bonds is 7. The van der Waals surface area contributed by atoms with Crippen molar-refractivity contribution in [3.05, 3.63) is 122 Å². The number of aryl methyl sites for hydroxylation is 2. The molecule has 0 N–H and O–H groups in total. The molecule has 0 saturated heterocycles. The Labute approximate surface area is 209 Å². The van der Waals surface area contributed by atoms with E-state index < -0.39 is 17.2 Å². The highest BCUT2D eigenvalue weighted by Crippen LogP contribution is 2.14. The molecule has 0 atom stereocenters. The quantitative estimate of drug-likeness (QED) is 0.402. The molecule has 4 rings (SSSR count). The van der Waals surface area contributed by atoms with Crippen LogP contribution in [0.2, 0.25) is 0 Å². The first-order valence-corrected chi connectivity index (χ1v) is 11.5. The Balaban J connectivity index is 1.85. The first-order chi connectivity index (χ1) is 17.3. The van der Waals surface area contributed by atoms with Crippen LogP contribution in [0.5, 0.6) is 5.75 Å². The van der Waals surface area contributed by atoms with Gasteiger partial charge in [0.15, 0.2) is 0 Å². The summed E-state index contributed by atoms with van der Waals surface area (Å²) in [5.74, 6) is 0.0319. The lowest BCUT2D eigenvalue weighted by atomic mass is 10.1. The second-order valence-corrected chi connectivity index (χ2v) is 8.78. The fraction of sp³-hybridized carbons (Fsp3) is 0.214. The normalized spacial score (nSPS) is 10.8. The zero-order chi connectivity index (χ0) is 25.8. The van der Waals surface area contributed by atoms with Crippen LogP contribution in [0, 0.1) is 13.8 Å². The standard InChI is InChI=1S/C28H28N4O4/c1-19-13-20(2)15-23(14-19)32-28(35)31(18-22-11-8-12-24(16-22)36-4)27(34)25(29-32)26(33)30(3)17-21-9-6-5-7-10-21/h5-16H,17-18H2,1-4H3. The van der Waals surface area contributed by atoms with Crippen LogP contribution in [0.15, 0.2) is 82.4 Å². The molecule has 0 spiro atoms. The van der Waals surface area contributed by atoms with Gasteiger partial charge in [-0.15, -0.1) is 0 Å². The third kappa shape index (κ3) is 5.27. The van der Waals surface area contributed by atoms with Crippen LogP contribution in [-0.2, 0) is 13.1 Å². The molecule has 0 saturated carbocycles. The first-order valence-electron chi connectivity index (χ1n) is 11.5. The van der Waals surface area contributed by atoms with Crippen molar-refractivity contribution in [3.63, 3.8) is 0 Å². The van der Waals surface area contributed by atoms with Gasteiger partial charge in [-0.1, -0.05) is 48.5 Å². The van der Waals surface area contributed by atoms with E-state index in [2.05, 4.69) is 5.10 Å². The van der Waals surface area contributed by atoms with E-state index in [0.717, 1.165) is 25.9 Å². The molecule has 1 aromatic heterocycles. The molecule has 36 heavy (non-hydrogen) atoms. The van der Waals surface area contributed by atoms with Crippen LogP contribution < -0.4 is 16.0 Å². The molecule has 0 aliphatic rings. The lowest BCUT2D eigenvalue weighted by Crippen LogP contribution is -2.46. The van der Waals surface area contributed by atoms with E-state index in [1.165, 1.54) is 4.90 Å². The molecular weight excluding hydrogens is 456 g/mol. The largest absolute Gasteiger partial charge is 0.497 e. The van der Waals surface area contributed by atoms with Gasteiger partial charge in [0.25, 0.3) is 11.5 Å². The zero-order valence-electron chi connectivity index (χ0n) is 20.8. The van der Waals surface area contributed by atoms with E-state index in [4.69, 9.17) is 4.74 Å². The third-order valence-corrected chi connectivity index (χ3v) is 5.80. The number of nitrogens with zero attached hydrogens (tertiary/aromatic N) is 4. The van der Waals surface area contributed by atoms with Gasteiger partial charge in [0, 0.05) is 13.6 Å². The van der Waals surface area contributed by atoms with Crippen molar-refractivity contribution in [2.24, 2.45) is 0 Å². The number of aromatic nitrogens is 3. The predicted molar refractivity (Wildman–Crippen MR) is 138 cm³/mol. The zero-order valence-corrected chi connectivity index (χ0v) is 20.8.